The molecule has 4 rings (SSSR count). The number of carbonyl (C=O) groups excluding carboxylic acids is 2. The fraction of sp³-hybridized carbons (Fsp3) is 0.429. The molecule has 198 valence electrons. The Balaban J connectivity index is 1.27. The van der Waals surface area contributed by atoms with Gasteiger partial charge in [-0.25, -0.2) is 4.79 Å². The highest BCUT2D eigenvalue weighted by atomic mass is 19.4. The predicted molar refractivity (Wildman–Crippen MR) is 135 cm³/mol. The molecule has 2 heterocycles. The van der Waals surface area contributed by atoms with Gasteiger partial charge in [-0.3, -0.25) is 4.79 Å². The molecule has 2 aliphatic heterocycles. The number of alkyl halides is 3. The minimum atomic E-state index is -4.42. The van der Waals surface area contributed by atoms with E-state index >= 15 is 0 Å². The van der Waals surface area contributed by atoms with Gasteiger partial charge in [0, 0.05) is 50.3 Å². The Hall–Kier alpha value is -3.33. The quantitative estimate of drug-likeness (QED) is 0.378. The van der Waals surface area contributed by atoms with Gasteiger partial charge in [-0.05, 0) is 50.1 Å². The molecule has 0 saturated carbocycles. The molecule has 2 aromatic rings. The lowest BCUT2D eigenvalue weighted by Gasteiger charge is -2.39. The molecule has 1 amide bonds. The number of hydrogen-bond donors (Lipinski definition) is 2. The maximum Gasteiger partial charge on any atom is 0.416 e. The highest BCUT2D eigenvalue weighted by molar-refractivity contribution is 6.07. The van der Waals surface area contributed by atoms with Crippen LogP contribution >= 0.6 is 0 Å². The minimum absolute atomic E-state index is 0.182. The van der Waals surface area contributed by atoms with Crippen molar-refractivity contribution >= 4 is 17.6 Å². The van der Waals surface area contributed by atoms with Crippen molar-refractivity contribution in [3.05, 3.63) is 76.9 Å². The van der Waals surface area contributed by atoms with Crippen LogP contribution in [-0.4, -0.2) is 55.1 Å². The summed E-state index contributed by atoms with van der Waals surface area (Å²) in [5.41, 5.74) is 0.657. The third kappa shape index (κ3) is 6.52. The van der Waals surface area contributed by atoms with Crippen LogP contribution in [-0.2, 0) is 26.9 Å². The van der Waals surface area contributed by atoms with E-state index in [0.29, 0.717) is 29.7 Å². The lowest BCUT2D eigenvalue weighted by atomic mass is 9.82. The number of amides is 1. The number of anilines is 1. The number of halogens is 3. The second-order valence-electron chi connectivity index (χ2n) is 9.58. The summed E-state index contributed by atoms with van der Waals surface area (Å²) in [5.74, 6) is -0.837. The number of benzene rings is 2. The fourth-order valence-electron chi connectivity index (χ4n) is 5.04. The number of nitrogens with one attached hydrogen (secondary N) is 2. The Kier molecular flexibility index (Phi) is 8.22. The van der Waals surface area contributed by atoms with E-state index in [1.165, 1.54) is 17.7 Å². The van der Waals surface area contributed by atoms with E-state index in [0.717, 1.165) is 44.6 Å². The van der Waals surface area contributed by atoms with Crippen LogP contribution in [0.5, 0.6) is 0 Å². The molecule has 6 nitrogen and oxygen atoms in total. The first-order valence-corrected chi connectivity index (χ1v) is 12.6. The molecule has 2 N–H and O–H groups in total. The summed E-state index contributed by atoms with van der Waals surface area (Å²) in [6, 6.07) is 15.2. The van der Waals surface area contributed by atoms with Gasteiger partial charge in [0.2, 0.25) is 0 Å². The van der Waals surface area contributed by atoms with Crippen LogP contribution in [0, 0.1) is 0 Å². The summed E-state index contributed by atoms with van der Waals surface area (Å²) in [5, 5.41) is 5.69. The Labute approximate surface area is 214 Å². The summed E-state index contributed by atoms with van der Waals surface area (Å²) in [7, 11) is 0. The summed E-state index contributed by atoms with van der Waals surface area (Å²) < 4.78 is 44.5. The number of likely N-dealkylation sites (tertiary alicyclic amines) is 1. The number of nitrogens with zero attached hydrogens (tertiary/aromatic N) is 1. The number of esters is 1. The Morgan fingerprint density at radius 2 is 1.78 bits per heavy atom. The topological polar surface area (TPSA) is 70.7 Å². The number of ether oxygens (including phenoxy) is 1. The van der Waals surface area contributed by atoms with Gasteiger partial charge < -0.3 is 20.3 Å². The molecule has 1 saturated heterocycles. The van der Waals surface area contributed by atoms with Crippen LogP contribution in [0.4, 0.5) is 18.9 Å². The Bertz CT molecular complexity index is 1140. The van der Waals surface area contributed by atoms with Crippen molar-refractivity contribution in [1.82, 2.24) is 10.2 Å². The average molecular weight is 516 g/mol. The fourth-order valence-corrected chi connectivity index (χ4v) is 5.04. The van der Waals surface area contributed by atoms with Crippen LogP contribution in [0.1, 0.15) is 37.3 Å². The summed E-state index contributed by atoms with van der Waals surface area (Å²) >= 11 is 0. The molecule has 0 aromatic heterocycles. The van der Waals surface area contributed by atoms with Crippen molar-refractivity contribution in [1.29, 1.82) is 0 Å². The van der Waals surface area contributed by atoms with Gasteiger partial charge in [-0.1, -0.05) is 36.4 Å². The zero-order valence-corrected chi connectivity index (χ0v) is 20.9. The Morgan fingerprint density at radius 3 is 2.49 bits per heavy atom. The van der Waals surface area contributed by atoms with Crippen molar-refractivity contribution in [2.45, 2.75) is 44.4 Å². The normalized spacial score (nSPS) is 17.7. The van der Waals surface area contributed by atoms with E-state index in [-0.39, 0.29) is 19.0 Å². The molecular formula is C28H32F3N3O3. The molecule has 1 fully saturated rings. The lowest BCUT2D eigenvalue weighted by molar-refractivity contribution is -0.150. The van der Waals surface area contributed by atoms with Crippen molar-refractivity contribution in [2.24, 2.45) is 0 Å². The molecule has 0 bridgehead atoms. The third-order valence-electron chi connectivity index (χ3n) is 7.03. The molecule has 1 spiro atoms. The van der Waals surface area contributed by atoms with Crippen molar-refractivity contribution in [3.63, 3.8) is 0 Å². The van der Waals surface area contributed by atoms with Gasteiger partial charge >= 0.3 is 12.1 Å². The van der Waals surface area contributed by atoms with Gasteiger partial charge in [0.25, 0.3) is 5.91 Å². The molecule has 0 aliphatic carbocycles. The first kappa shape index (κ1) is 26.7. The van der Waals surface area contributed by atoms with Crippen molar-refractivity contribution < 1.29 is 27.5 Å². The second-order valence-corrected chi connectivity index (χ2v) is 9.58. The van der Waals surface area contributed by atoms with E-state index in [9.17, 15) is 22.8 Å². The van der Waals surface area contributed by atoms with Crippen LogP contribution in [0.3, 0.4) is 0 Å². The van der Waals surface area contributed by atoms with Gasteiger partial charge in [-0.15, -0.1) is 0 Å². The maximum absolute atomic E-state index is 13.1. The van der Waals surface area contributed by atoms with E-state index in [1.54, 1.807) is 6.92 Å². The standard InChI is InChI=1S/C28H32F3N3O3/c1-20-24(25(35)33-15-14-32-23-11-5-10-22(19-23)28(29,30)31)27(37-26(20)36)12-17-34(18-13-27)16-6-9-21-7-3-2-4-8-21/h2-5,7-8,10-11,19,32H,6,9,12-18H2,1H3,(H,33,35). The van der Waals surface area contributed by atoms with E-state index in [4.69, 9.17) is 4.74 Å². The zero-order valence-electron chi connectivity index (χ0n) is 20.9. The molecule has 0 atom stereocenters. The van der Waals surface area contributed by atoms with E-state index in [2.05, 4.69) is 27.7 Å². The summed E-state index contributed by atoms with van der Waals surface area (Å²) in [6.07, 6.45) is -1.30. The number of rotatable bonds is 9. The van der Waals surface area contributed by atoms with Crippen molar-refractivity contribution in [2.75, 3.05) is 38.0 Å². The van der Waals surface area contributed by atoms with Gasteiger partial charge in [-0.2, -0.15) is 13.2 Å². The molecule has 9 heteroatoms. The predicted octanol–water partition coefficient (Wildman–Crippen LogP) is 4.57. The van der Waals surface area contributed by atoms with E-state index in [1.807, 2.05) is 18.2 Å². The van der Waals surface area contributed by atoms with E-state index < -0.39 is 23.3 Å². The number of aryl methyl sites for hydroxylation is 1. The lowest BCUT2D eigenvalue weighted by Crippen LogP contribution is -2.49. The molecule has 0 radical (unpaired) electrons. The molecule has 37 heavy (non-hydrogen) atoms. The minimum Gasteiger partial charge on any atom is -0.450 e. The molecular weight excluding hydrogens is 483 g/mol. The highest BCUT2D eigenvalue weighted by Gasteiger charge is 2.50. The summed E-state index contributed by atoms with van der Waals surface area (Å²) in [4.78, 5) is 27.9. The van der Waals surface area contributed by atoms with Crippen LogP contribution < -0.4 is 10.6 Å². The van der Waals surface area contributed by atoms with Crippen LogP contribution in [0.15, 0.2) is 65.7 Å². The average Bonchev–Trinajstić information content (AvgIpc) is 3.12. The van der Waals surface area contributed by atoms with Gasteiger partial charge in [0.15, 0.2) is 0 Å². The number of piperidine rings is 1. The molecule has 2 aromatic carbocycles. The molecule has 2 aliphatic rings. The van der Waals surface area contributed by atoms with Crippen LogP contribution in [0.25, 0.3) is 0 Å². The second kappa shape index (κ2) is 11.4. The monoisotopic (exact) mass is 515 g/mol. The third-order valence-corrected chi connectivity index (χ3v) is 7.03. The van der Waals surface area contributed by atoms with Crippen LogP contribution in [0.2, 0.25) is 0 Å². The molecule has 0 unspecified atom stereocenters. The number of hydrogen-bond acceptors (Lipinski definition) is 5. The smallest absolute Gasteiger partial charge is 0.416 e. The SMILES string of the molecule is CC1=C(C(=O)NCCNc2cccc(C(F)(F)F)c2)C2(CCN(CCCc3ccccc3)CC2)OC1=O. The van der Waals surface area contributed by atoms with Gasteiger partial charge in [0.1, 0.15) is 5.60 Å². The zero-order chi connectivity index (χ0) is 26.5. The highest BCUT2D eigenvalue weighted by Crippen LogP contribution is 2.41. The van der Waals surface area contributed by atoms with Gasteiger partial charge in [0.05, 0.1) is 11.1 Å². The largest absolute Gasteiger partial charge is 0.450 e. The Morgan fingerprint density at radius 1 is 1.05 bits per heavy atom. The summed E-state index contributed by atoms with van der Waals surface area (Å²) in [6.45, 7) is 4.41. The van der Waals surface area contributed by atoms with Crippen molar-refractivity contribution in [3.8, 4) is 0 Å². The maximum atomic E-state index is 13.1. The first-order valence-electron chi connectivity index (χ1n) is 12.6. The first-order chi connectivity index (χ1) is 17.7. The number of carbonyl (C=O) groups is 2.